The Bertz CT molecular complexity index is 540. The maximum Gasteiger partial charge on any atom is 0.138 e. The van der Waals surface area contributed by atoms with Crippen LogP contribution in [0.2, 0.25) is 0 Å². The van der Waals surface area contributed by atoms with E-state index in [-0.39, 0.29) is 6.04 Å². The maximum absolute atomic E-state index is 5.66. The summed E-state index contributed by atoms with van der Waals surface area (Å²) in [5.74, 6) is 7.46. The number of rotatable bonds is 7. The number of nitrogens with two attached hydrogens (primary N) is 1. The van der Waals surface area contributed by atoms with Gasteiger partial charge in [-0.2, -0.15) is 5.10 Å². The summed E-state index contributed by atoms with van der Waals surface area (Å²) in [4.78, 5) is 4.28. The number of benzene rings is 1. The number of hydrogen-bond donors (Lipinski definition) is 2. The average Bonchev–Trinajstić information content (AvgIpc) is 2.94. The van der Waals surface area contributed by atoms with E-state index in [9.17, 15) is 0 Å². The Labute approximate surface area is 118 Å². The highest BCUT2D eigenvalue weighted by molar-refractivity contribution is 5.29. The lowest BCUT2D eigenvalue weighted by atomic mass is 10.0. The van der Waals surface area contributed by atoms with Crippen molar-refractivity contribution in [3.8, 4) is 5.75 Å². The summed E-state index contributed by atoms with van der Waals surface area (Å²) in [6.45, 7) is 2.86. The van der Waals surface area contributed by atoms with Gasteiger partial charge >= 0.3 is 0 Å². The van der Waals surface area contributed by atoms with Gasteiger partial charge in [0, 0.05) is 19.0 Å². The molecule has 1 aromatic carbocycles. The van der Waals surface area contributed by atoms with Crippen molar-refractivity contribution >= 4 is 0 Å². The predicted octanol–water partition coefficient (Wildman–Crippen LogP) is 0.924. The third-order valence-corrected chi connectivity index (χ3v) is 3.28. The number of hydrogen-bond acceptors (Lipinski definition) is 5. The van der Waals surface area contributed by atoms with Gasteiger partial charge in [0.25, 0.3) is 0 Å². The summed E-state index contributed by atoms with van der Waals surface area (Å²) in [7, 11) is 1.67. The van der Waals surface area contributed by atoms with Crippen molar-refractivity contribution in [2.24, 2.45) is 5.84 Å². The lowest BCUT2D eigenvalue weighted by molar-refractivity contribution is 0.413. The topological polar surface area (TPSA) is 78.0 Å². The number of aryl methyl sites for hydroxylation is 1. The van der Waals surface area contributed by atoms with E-state index in [0.29, 0.717) is 0 Å². The molecule has 0 bridgehead atoms. The second-order valence-electron chi connectivity index (χ2n) is 4.62. The van der Waals surface area contributed by atoms with Crippen LogP contribution in [0.25, 0.3) is 0 Å². The summed E-state index contributed by atoms with van der Waals surface area (Å²) in [5.41, 5.74) is 4.03. The van der Waals surface area contributed by atoms with Gasteiger partial charge in [-0.25, -0.2) is 4.98 Å². The summed E-state index contributed by atoms with van der Waals surface area (Å²) in [6, 6.07) is 8.11. The molecule has 2 rings (SSSR count). The molecule has 0 saturated heterocycles. The van der Waals surface area contributed by atoms with Crippen LogP contribution < -0.4 is 16.0 Å². The van der Waals surface area contributed by atoms with Crippen LogP contribution >= 0.6 is 0 Å². The Morgan fingerprint density at radius 3 is 2.95 bits per heavy atom. The van der Waals surface area contributed by atoms with Crippen LogP contribution in [0, 0.1) is 0 Å². The van der Waals surface area contributed by atoms with E-state index in [1.54, 1.807) is 13.4 Å². The Hall–Kier alpha value is -1.92. The van der Waals surface area contributed by atoms with Gasteiger partial charge in [-0.3, -0.25) is 16.0 Å². The number of ether oxygens (including phenoxy) is 1. The monoisotopic (exact) mass is 275 g/mol. The van der Waals surface area contributed by atoms with Crippen molar-refractivity contribution in [1.29, 1.82) is 0 Å². The van der Waals surface area contributed by atoms with E-state index in [0.717, 1.165) is 31.0 Å². The van der Waals surface area contributed by atoms with Gasteiger partial charge in [-0.1, -0.05) is 12.1 Å². The van der Waals surface area contributed by atoms with Crippen molar-refractivity contribution in [1.82, 2.24) is 20.2 Å². The van der Waals surface area contributed by atoms with Gasteiger partial charge in [0.1, 0.15) is 17.9 Å². The molecule has 0 radical (unpaired) electrons. The van der Waals surface area contributed by atoms with Gasteiger partial charge in [0.2, 0.25) is 0 Å². The van der Waals surface area contributed by atoms with E-state index < -0.39 is 0 Å². The zero-order chi connectivity index (χ0) is 14.4. The molecule has 0 aliphatic carbocycles. The van der Waals surface area contributed by atoms with Crippen molar-refractivity contribution in [2.75, 3.05) is 7.11 Å². The first-order chi connectivity index (χ1) is 9.76. The third-order valence-electron chi connectivity index (χ3n) is 3.28. The van der Waals surface area contributed by atoms with Crippen molar-refractivity contribution in [2.45, 2.75) is 32.4 Å². The molecule has 1 aromatic heterocycles. The lowest BCUT2D eigenvalue weighted by Gasteiger charge is -2.16. The summed E-state index contributed by atoms with van der Waals surface area (Å²) < 4.78 is 7.12. The molecule has 1 unspecified atom stereocenters. The first kappa shape index (κ1) is 14.5. The SMILES string of the molecule is CCn1ncnc1CC(Cc1cccc(OC)c1)NN. The molecule has 0 saturated carbocycles. The minimum atomic E-state index is 0.108. The van der Waals surface area contributed by atoms with E-state index in [4.69, 9.17) is 10.6 Å². The van der Waals surface area contributed by atoms with Crippen LogP contribution in [-0.4, -0.2) is 27.9 Å². The molecule has 0 aliphatic heterocycles. The number of aromatic nitrogens is 3. The van der Waals surface area contributed by atoms with Crippen LogP contribution in [0.5, 0.6) is 5.75 Å². The van der Waals surface area contributed by atoms with Crippen LogP contribution in [0.15, 0.2) is 30.6 Å². The van der Waals surface area contributed by atoms with Crippen molar-refractivity contribution in [3.63, 3.8) is 0 Å². The van der Waals surface area contributed by atoms with Gasteiger partial charge in [0.05, 0.1) is 7.11 Å². The van der Waals surface area contributed by atoms with E-state index in [1.165, 1.54) is 5.56 Å². The second-order valence-corrected chi connectivity index (χ2v) is 4.62. The number of nitrogens with one attached hydrogen (secondary N) is 1. The van der Waals surface area contributed by atoms with Crippen LogP contribution in [0.3, 0.4) is 0 Å². The summed E-state index contributed by atoms with van der Waals surface area (Å²) in [5, 5.41) is 4.17. The first-order valence-electron chi connectivity index (χ1n) is 6.72. The Balaban J connectivity index is 2.05. The van der Waals surface area contributed by atoms with E-state index >= 15 is 0 Å². The molecule has 0 amide bonds. The van der Waals surface area contributed by atoms with Gasteiger partial charge in [-0.15, -0.1) is 0 Å². The number of hydrazine groups is 1. The average molecular weight is 275 g/mol. The minimum Gasteiger partial charge on any atom is -0.497 e. The molecule has 2 aromatic rings. The molecule has 1 heterocycles. The van der Waals surface area contributed by atoms with Crippen molar-refractivity contribution < 1.29 is 4.74 Å². The first-order valence-corrected chi connectivity index (χ1v) is 6.72. The van der Waals surface area contributed by atoms with Crippen LogP contribution in [0.1, 0.15) is 18.3 Å². The molecular weight excluding hydrogens is 254 g/mol. The second kappa shape index (κ2) is 7.02. The normalized spacial score (nSPS) is 12.3. The third kappa shape index (κ3) is 3.55. The molecular formula is C14H21N5O. The van der Waals surface area contributed by atoms with Gasteiger partial charge in [-0.05, 0) is 31.0 Å². The summed E-state index contributed by atoms with van der Waals surface area (Å²) >= 11 is 0. The maximum atomic E-state index is 5.66. The fraction of sp³-hybridized carbons (Fsp3) is 0.429. The molecule has 3 N–H and O–H groups in total. The van der Waals surface area contributed by atoms with Gasteiger partial charge in [0.15, 0.2) is 0 Å². The molecule has 0 aliphatic rings. The molecule has 0 fully saturated rings. The quantitative estimate of drug-likeness (QED) is 0.580. The molecule has 0 spiro atoms. The Morgan fingerprint density at radius 1 is 1.40 bits per heavy atom. The number of methoxy groups -OCH3 is 1. The zero-order valence-corrected chi connectivity index (χ0v) is 11.9. The van der Waals surface area contributed by atoms with E-state index in [2.05, 4.69) is 21.6 Å². The molecule has 108 valence electrons. The molecule has 1 atom stereocenters. The highest BCUT2D eigenvalue weighted by atomic mass is 16.5. The predicted molar refractivity (Wildman–Crippen MR) is 77.2 cm³/mol. The highest BCUT2D eigenvalue weighted by Gasteiger charge is 2.13. The largest absolute Gasteiger partial charge is 0.497 e. The highest BCUT2D eigenvalue weighted by Crippen LogP contribution is 2.15. The van der Waals surface area contributed by atoms with E-state index in [1.807, 2.05) is 29.8 Å². The molecule has 6 heteroatoms. The van der Waals surface area contributed by atoms with Crippen molar-refractivity contribution in [3.05, 3.63) is 42.0 Å². The fourth-order valence-corrected chi connectivity index (χ4v) is 2.20. The smallest absolute Gasteiger partial charge is 0.138 e. The van der Waals surface area contributed by atoms with Crippen LogP contribution in [0.4, 0.5) is 0 Å². The van der Waals surface area contributed by atoms with Gasteiger partial charge < -0.3 is 4.74 Å². The Morgan fingerprint density at radius 2 is 2.25 bits per heavy atom. The molecule has 20 heavy (non-hydrogen) atoms. The van der Waals surface area contributed by atoms with Crippen LogP contribution in [-0.2, 0) is 19.4 Å². The standard InChI is InChI=1S/C14H21N5O/c1-3-19-14(16-10-17-19)9-12(18-15)7-11-5-4-6-13(8-11)20-2/h4-6,8,10,12,18H,3,7,9,15H2,1-2H3. The number of nitrogens with zero attached hydrogens (tertiary/aromatic N) is 3. The lowest BCUT2D eigenvalue weighted by Crippen LogP contribution is -2.39. The minimum absolute atomic E-state index is 0.108. The summed E-state index contributed by atoms with van der Waals surface area (Å²) in [6.07, 6.45) is 3.13. The molecule has 6 nitrogen and oxygen atoms in total. The fourth-order valence-electron chi connectivity index (χ4n) is 2.20. The zero-order valence-electron chi connectivity index (χ0n) is 11.9. The Kier molecular flexibility index (Phi) is 5.09.